The third-order valence-electron chi connectivity index (χ3n) is 6.69. The zero-order valence-corrected chi connectivity index (χ0v) is 19.1. The molecule has 1 N–H and O–H groups in total. The van der Waals surface area contributed by atoms with Gasteiger partial charge in [0.1, 0.15) is 0 Å². The molecule has 2 aliphatic heterocycles. The second-order valence-corrected chi connectivity index (χ2v) is 9.84. The monoisotopic (exact) mass is 448 g/mol. The number of anilines is 1. The van der Waals surface area contributed by atoms with E-state index in [2.05, 4.69) is 41.1 Å². The molecule has 166 valence electrons. The van der Waals surface area contributed by atoms with Crippen molar-refractivity contribution in [3.63, 3.8) is 0 Å². The fourth-order valence-corrected chi connectivity index (χ4v) is 5.57. The lowest BCUT2D eigenvalue weighted by molar-refractivity contribution is -0.110. The number of aromatic nitrogens is 3. The normalized spacial score (nSPS) is 17.6. The van der Waals surface area contributed by atoms with Gasteiger partial charge in [-0.15, -0.1) is 0 Å². The number of fused-ring (bicyclic) bond motifs is 1. The number of carbonyl (C=O) groups is 1. The van der Waals surface area contributed by atoms with Crippen molar-refractivity contribution >= 4 is 22.6 Å². The SMILES string of the molecule is CC(c1ccc2c(c1)SC(=O)C2)c1ccn(-c2ccc(N3CCC(CCO)CC3)cn2)n1. The largest absolute Gasteiger partial charge is 0.396 e. The molecule has 0 aliphatic carbocycles. The van der Waals surface area contributed by atoms with Crippen molar-refractivity contribution < 1.29 is 9.90 Å². The first kappa shape index (κ1) is 21.2. The van der Waals surface area contributed by atoms with Gasteiger partial charge in [-0.3, -0.25) is 4.79 Å². The number of thioether (sulfide) groups is 1. The van der Waals surface area contributed by atoms with Crippen LogP contribution in [0.5, 0.6) is 0 Å². The summed E-state index contributed by atoms with van der Waals surface area (Å²) >= 11 is 1.35. The first-order chi connectivity index (χ1) is 15.6. The molecule has 32 heavy (non-hydrogen) atoms. The summed E-state index contributed by atoms with van der Waals surface area (Å²) in [7, 11) is 0. The Balaban J connectivity index is 1.27. The average Bonchev–Trinajstić information content (AvgIpc) is 3.45. The highest BCUT2D eigenvalue weighted by molar-refractivity contribution is 8.14. The van der Waals surface area contributed by atoms with Crippen LogP contribution in [0.15, 0.2) is 53.7 Å². The van der Waals surface area contributed by atoms with Crippen LogP contribution in [0.4, 0.5) is 5.69 Å². The van der Waals surface area contributed by atoms with Crippen LogP contribution in [0.1, 0.15) is 48.9 Å². The van der Waals surface area contributed by atoms with E-state index in [-0.39, 0.29) is 17.6 Å². The summed E-state index contributed by atoms with van der Waals surface area (Å²) in [6.45, 7) is 4.46. The van der Waals surface area contributed by atoms with Crippen molar-refractivity contribution in [2.75, 3.05) is 24.6 Å². The summed E-state index contributed by atoms with van der Waals surface area (Å²) in [5.74, 6) is 1.58. The first-order valence-corrected chi connectivity index (χ1v) is 12.1. The summed E-state index contributed by atoms with van der Waals surface area (Å²) in [4.78, 5) is 19.8. The van der Waals surface area contributed by atoms with Crippen molar-refractivity contribution in [1.82, 2.24) is 14.8 Å². The van der Waals surface area contributed by atoms with E-state index in [4.69, 9.17) is 10.2 Å². The van der Waals surface area contributed by atoms with Crippen molar-refractivity contribution in [1.29, 1.82) is 0 Å². The summed E-state index contributed by atoms with van der Waals surface area (Å²) in [5, 5.41) is 14.1. The Morgan fingerprint density at radius 3 is 2.78 bits per heavy atom. The molecule has 7 heteroatoms. The Morgan fingerprint density at radius 2 is 2.03 bits per heavy atom. The van der Waals surface area contributed by atoms with E-state index < -0.39 is 0 Å². The highest BCUT2D eigenvalue weighted by Gasteiger charge is 2.22. The van der Waals surface area contributed by atoms with Gasteiger partial charge in [-0.05, 0) is 60.6 Å². The number of aliphatic hydroxyl groups is 1. The van der Waals surface area contributed by atoms with Crippen LogP contribution in [0.25, 0.3) is 5.82 Å². The number of piperidine rings is 1. The van der Waals surface area contributed by atoms with Crippen LogP contribution in [0.3, 0.4) is 0 Å². The number of nitrogens with zero attached hydrogens (tertiary/aromatic N) is 4. The predicted octanol–water partition coefficient (Wildman–Crippen LogP) is 4.19. The van der Waals surface area contributed by atoms with E-state index in [1.807, 2.05) is 29.2 Å². The minimum absolute atomic E-state index is 0.136. The van der Waals surface area contributed by atoms with Gasteiger partial charge in [0.15, 0.2) is 10.9 Å². The van der Waals surface area contributed by atoms with Gasteiger partial charge in [0.2, 0.25) is 0 Å². The van der Waals surface area contributed by atoms with Gasteiger partial charge in [-0.1, -0.05) is 30.8 Å². The van der Waals surface area contributed by atoms with E-state index >= 15 is 0 Å². The third kappa shape index (κ3) is 4.32. The van der Waals surface area contributed by atoms with Gasteiger partial charge in [-0.2, -0.15) is 5.10 Å². The second-order valence-electron chi connectivity index (χ2n) is 8.74. The number of pyridine rings is 1. The van der Waals surface area contributed by atoms with Gasteiger partial charge in [0, 0.05) is 43.1 Å². The molecule has 4 heterocycles. The fraction of sp³-hybridized carbons (Fsp3) is 0.400. The lowest BCUT2D eigenvalue weighted by atomic mass is 9.94. The minimum Gasteiger partial charge on any atom is -0.396 e. The molecular formula is C25H28N4O2S. The summed E-state index contributed by atoms with van der Waals surface area (Å²) in [5.41, 5.74) is 4.42. The molecule has 0 bridgehead atoms. The van der Waals surface area contributed by atoms with E-state index in [1.54, 1.807) is 0 Å². The molecule has 1 aromatic carbocycles. The zero-order chi connectivity index (χ0) is 22.1. The Hall–Kier alpha value is -2.64. The molecule has 2 aliphatic rings. The van der Waals surface area contributed by atoms with Crippen LogP contribution >= 0.6 is 11.8 Å². The summed E-state index contributed by atoms with van der Waals surface area (Å²) in [6.07, 6.45) is 7.58. The predicted molar refractivity (Wildman–Crippen MR) is 127 cm³/mol. The van der Waals surface area contributed by atoms with E-state index in [0.29, 0.717) is 12.3 Å². The van der Waals surface area contributed by atoms with Gasteiger partial charge in [-0.25, -0.2) is 9.67 Å². The Bertz CT molecular complexity index is 1100. The average molecular weight is 449 g/mol. The van der Waals surface area contributed by atoms with Crippen LogP contribution in [-0.2, 0) is 11.2 Å². The molecule has 2 aromatic heterocycles. The lowest BCUT2D eigenvalue weighted by Gasteiger charge is -2.33. The van der Waals surface area contributed by atoms with Gasteiger partial charge >= 0.3 is 0 Å². The number of benzene rings is 1. The van der Waals surface area contributed by atoms with E-state index in [0.717, 1.165) is 60.0 Å². The molecule has 0 amide bonds. The van der Waals surface area contributed by atoms with Crippen molar-refractivity contribution in [2.45, 2.75) is 43.4 Å². The topological polar surface area (TPSA) is 71.2 Å². The molecule has 6 nitrogen and oxygen atoms in total. The van der Waals surface area contributed by atoms with Crippen molar-refractivity contribution in [3.05, 3.63) is 65.6 Å². The Labute approximate surface area is 192 Å². The highest BCUT2D eigenvalue weighted by Crippen LogP contribution is 2.36. The molecule has 5 rings (SSSR count). The third-order valence-corrected chi connectivity index (χ3v) is 7.66. The number of aliphatic hydroxyl groups excluding tert-OH is 1. The van der Waals surface area contributed by atoms with Crippen LogP contribution in [0, 0.1) is 5.92 Å². The molecular weight excluding hydrogens is 420 g/mol. The van der Waals surface area contributed by atoms with Crippen LogP contribution in [0.2, 0.25) is 0 Å². The molecule has 0 spiro atoms. The van der Waals surface area contributed by atoms with Gasteiger partial charge < -0.3 is 10.0 Å². The maximum Gasteiger partial charge on any atom is 0.198 e. The second kappa shape index (κ2) is 9.08. The van der Waals surface area contributed by atoms with Crippen LogP contribution < -0.4 is 4.90 Å². The number of rotatable bonds is 6. The smallest absolute Gasteiger partial charge is 0.198 e. The van der Waals surface area contributed by atoms with Gasteiger partial charge in [0.05, 0.1) is 17.6 Å². The number of hydrogen-bond donors (Lipinski definition) is 1. The lowest BCUT2D eigenvalue weighted by Crippen LogP contribution is -2.34. The van der Waals surface area contributed by atoms with Crippen molar-refractivity contribution in [2.24, 2.45) is 5.92 Å². The number of hydrogen-bond acceptors (Lipinski definition) is 6. The summed E-state index contributed by atoms with van der Waals surface area (Å²) < 4.78 is 1.83. The Morgan fingerprint density at radius 1 is 1.19 bits per heavy atom. The van der Waals surface area contributed by atoms with E-state index in [1.165, 1.54) is 17.3 Å². The first-order valence-electron chi connectivity index (χ1n) is 11.3. The number of carbonyl (C=O) groups excluding carboxylic acids is 1. The van der Waals surface area contributed by atoms with Crippen LogP contribution in [-0.4, -0.2) is 44.7 Å². The van der Waals surface area contributed by atoms with Crippen molar-refractivity contribution in [3.8, 4) is 5.82 Å². The fourth-order valence-electron chi connectivity index (χ4n) is 4.63. The highest BCUT2D eigenvalue weighted by atomic mass is 32.2. The molecule has 1 saturated heterocycles. The molecule has 0 saturated carbocycles. The molecule has 3 aromatic rings. The van der Waals surface area contributed by atoms with E-state index in [9.17, 15) is 4.79 Å². The maximum atomic E-state index is 11.7. The maximum absolute atomic E-state index is 11.7. The zero-order valence-electron chi connectivity index (χ0n) is 18.3. The van der Waals surface area contributed by atoms with Gasteiger partial charge in [0.25, 0.3) is 0 Å². The molecule has 1 atom stereocenters. The molecule has 1 fully saturated rings. The standard InChI is InChI=1S/C25H28N4O2S/c1-17(19-2-3-20-15-25(31)32-23(20)14-19)22-8-12-29(27-22)24-5-4-21(16-26-24)28-10-6-18(7-11-28)9-13-30/h2-5,8,12,14,16-18,30H,6-7,9-11,13,15H2,1H3. The Kier molecular flexibility index (Phi) is 6.02. The molecule has 0 radical (unpaired) electrons. The molecule has 1 unspecified atom stereocenters. The minimum atomic E-state index is 0.136. The quantitative estimate of drug-likeness (QED) is 0.610. The summed E-state index contributed by atoms with van der Waals surface area (Å²) in [6, 6.07) is 12.5.